The summed E-state index contributed by atoms with van der Waals surface area (Å²) in [5, 5.41) is 24.2. The van der Waals surface area contributed by atoms with Crippen LogP contribution in [0.5, 0.6) is 11.6 Å². The summed E-state index contributed by atoms with van der Waals surface area (Å²) < 4.78 is 5.45. The van der Waals surface area contributed by atoms with E-state index in [2.05, 4.69) is 25.4 Å². The topological polar surface area (TPSA) is 143 Å². The quantitative estimate of drug-likeness (QED) is 0.397. The molecule has 0 unspecified atom stereocenters. The maximum absolute atomic E-state index is 12.0. The highest BCUT2D eigenvalue weighted by atomic mass is 16.6. The van der Waals surface area contributed by atoms with Crippen LogP contribution in [0.25, 0.3) is 0 Å². The van der Waals surface area contributed by atoms with Crippen LogP contribution in [0.2, 0.25) is 0 Å². The second-order valence-corrected chi connectivity index (χ2v) is 6.78. The molecule has 2 aromatic rings. The van der Waals surface area contributed by atoms with Crippen molar-refractivity contribution in [1.82, 2.24) is 15.4 Å². The molecule has 0 saturated carbocycles. The number of nitrogens with zero attached hydrogens (tertiary/aromatic N) is 5. The molecule has 1 aromatic heterocycles. The molecular formula is C19H22N6O5. The van der Waals surface area contributed by atoms with Crippen LogP contribution in [0.4, 0.5) is 11.6 Å². The molecule has 2 N–H and O–H groups in total. The zero-order valence-electron chi connectivity index (χ0n) is 16.4. The molecule has 0 atom stereocenters. The molecule has 11 heteroatoms. The normalized spacial score (nSPS) is 14.0. The van der Waals surface area contributed by atoms with E-state index in [4.69, 9.17) is 4.74 Å². The Morgan fingerprint density at radius 2 is 2.10 bits per heavy atom. The van der Waals surface area contributed by atoms with Crippen molar-refractivity contribution in [3.05, 3.63) is 45.6 Å². The van der Waals surface area contributed by atoms with Gasteiger partial charge in [-0.1, -0.05) is 0 Å². The summed E-state index contributed by atoms with van der Waals surface area (Å²) in [6.07, 6.45) is 4.49. The highest BCUT2D eigenvalue weighted by Gasteiger charge is 2.15. The smallest absolute Gasteiger partial charge is 0.278 e. The van der Waals surface area contributed by atoms with Gasteiger partial charge in [0, 0.05) is 42.5 Å². The van der Waals surface area contributed by atoms with Gasteiger partial charge in [-0.15, -0.1) is 0 Å². The Labute approximate surface area is 172 Å². The fourth-order valence-corrected chi connectivity index (χ4v) is 2.94. The van der Waals surface area contributed by atoms with Gasteiger partial charge in [0.15, 0.2) is 6.61 Å². The minimum atomic E-state index is -0.592. The number of carbonyl (C=O) groups excluding carboxylic acids is 1. The first-order valence-corrected chi connectivity index (χ1v) is 9.45. The molecule has 0 radical (unpaired) electrons. The lowest BCUT2D eigenvalue weighted by Crippen LogP contribution is -2.31. The van der Waals surface area contributed by atoms with Crippen LogP contribution in [-0.4, -0.2) is 51.8 Å². The lowest BCUT2D eigenvalue weighted by Gasteiger charge is -2.26. The maximum Gasteiger partial charge on any atom is 0.278 e. The SMILES string of the molecule is Cc1cc(OCC(=O)NN=Cc2cc([N+](=O)[O-])ccc2O)nc(N2CCCCC2)n1. The molecule has 1 aliphatic heterocycles. The van der Waals surface area contributed by atoms with Crippen LogP contribution < -0.4 is 15.1 Å². The Morgan fingerprint density at radius 3 is 2.83 bits per heavy atom. The van der Waals surface area contributed by atoms with Gasteiger partial charge in [-0.25, -0.2) is 10.4 Å². The fourth-order valence-electron chi connectivity index (χ4n) is 2.94. The van der Waals surface area contributed by atoms with Crippen LogP contribution in [0.3, 0.4) is 0 Å². The average Bonchev–Trinajstić information content (AvgIpc) is 2.73. The van der Waals surface area contributed by atoms with E-state index < -0.39 is 10.8 Å². The average molecular weight is 414 g/mol. The third-order valence-corrected chi connectivity index (χ3v) is 4.42. The number of aromatic hydroxyl groups is 1. The second-order valence-electron chi connectivity index (χ2n) is 6.78. The number of aryl methyl sites for hydroxylation is 1. The van der Waals surface area contributed by atoms with Crippen molar-refractivity contribution in [2.24, 2.45) is 5.10 Å². The number of piperidine rings is 1. The number of amides is 1. The summed E-state index contributed by atoms with van der Waals surface area (Å²) in [5.41, 5.74) is 2.88. The van der Waals surface area contributed by atoms with E-state index in [0.29, 0.717) is 11.8 Å². The van der Waals surface area contributed by atoms with E-state index in [1.54, 1.807) is 6.07 Å². The number of phenols is 1. The first-order chi connectivity index (χ1) is 14.4. The number of hydrogen-bond donors (Lipinski definition) is 2. The molecule has 0 aliphatic carbocycles. The molecule has 2 heterocycles. The number of non-ortho nitro benzene ring substituents is 1. The number of carbonyl (C=O) groups is 1. The Hall–Kier alpha value is -3.76. The number of nitro benzene ring substituents is 1. The first-order valence-electron chi connectivity index (χ1n) is 9.45. The molecule has 1 aromatic carbocycles. The van der Waals surface area contributed by atoms with Gasteiger partial charge in [0.2, 0.25) is 11.8 Å². The third-order valence-electron chi connectivity index (χ3n) is 4.42. The number of rotatable bonds is 7. The molecule has 1 saturated heterocycles. The molecule has 11 nitrogen and oxygen atoms in total. The minimum Gasteiger partial charge on any atom is -0.507 e. The number of nitro groups is 1. The fraction of sp³-hybridized carbons (Fsp3) is 0.368. The summed E-state index contributed by atoms with van der Waals surface area (Å²) in [6, 6.07) is 5.14. The van der Waals surface area contributed by atoms with Gasteiger partial charge in [0.05, 0.1) is 11.1 Å². The van der Waals surface area contributed by atoms with Crippen LogP contribution >= 0.6 is 0 Å². The molecular weight excluding hydrogens is 392 g/mol. The number of hydrazone groups is 1. The molecule has 0 bridgehead atoms. The predicted octanol–water partition coefficient (Wildman–Crippen LogP) is 1.92. The van der Waals surface area contributed by atoms with Crippen molar-refractivity contribution in [3.63, 3.8) is 0 Å². The first kappa shape index (κ1) is 21.0. The number of benzene rings is 1. The molecule has 30 heavy (non-hydrogen) atoms. The van der Waals surface area contributed by atoms with Gasteiger partial charge >= 0.3 is 0 Å². The highest BCUT2D eigenvalue weighted by Crippen LogP contribution is 2.21. The van der Waals surface area contributed by atoms with Crippen molar-refractivity contribution in [3.8, 4) is 11.6 Å². The second kappa shape index (κ2) is 9.63. The molecule has 1 amide bonds. The van der Waals surface area contributed by atoms with Crippen molar-refractivity contribution < 1.29 is 19.6 Å². The summed E-state index contributed by atoms with van der Waals surface area (Å²) in [7, 11) is 0. The number of hydrogen-bond acceptors (Lipinski definition) is 9. The Morgan fingerprint density at radius 1 is 1.33 bits per heavy atom. The largest absolute Gasteiger partial charge is 0.507 e. The lowest BCUT2D eigenvalue weighted by molar-refractivity contribution is -0.384. The van der Waals surface area contributed by atoms with Crippen molar-refractivity contribution >= 4 is 23.8 Å². The van der Waals surface area contributed by atoms with Crippen molar-refractivity contribution in [1.29, 1.82) is 0 Å². The molecule has 3 rings (SSSR count). The Balaban J connectivity index is 1.56. The monoisotopic (exact) mass is 414 g/mol. The summed E-state index contributed by atoms with van der Waals surface area (Å²) in [5.74, 6) is 0.131. The number of ether oxygens (including phenoxy) is 1. The molecule has 0 spiro atoms. The van der Waals surface area contributed by atoms with Gasteiger partial charge in [0.1, 0.15) is 5.75 Å². The van der Waals surface area contributed by atoms with Gasteiger partial charge in [-0.2, -0.15) is 10.1 Å². The molecule has 1 aliphatic rings. The van der Waals surface area contributed by atoms with Gasteiger partial charge in [-0.3, -0.25) is 14.9 Å². The van der Waals surface area contributed by atoms with E-state index in [9.17, 15) is 20.0 Å². The van der Waals surface area contributed by atoms with E-state index in [1.807, 2.05) is 6.92 Å². The van der Waals surface area contributed by atoms with Gasteiger partial charge < -0.3 is 14.7 Å². The van der Waals surface area contributed by atoms with Crippen LogP contribution in [0.1, 0.15) is 30.5 Å². The van der Waals surface area contributed by atoms with E-state index in [0.717, 1.165) is 43.9 Å². The minimum absolute atomic E-state index is 0.100. The van der Waals surface area contributed by atoms with Crippen molar-refractivity contribution in [2.45, 2.75) is 26.2 Å². The number of anilines is 1. The lowest BCUT2D eigenvalue weighted by atomic mass is 10.1. The van der Waals surface area contributed by atoms with E-state index >= 15 is 0 Å². The highest BCUT2D eigenvalue weighted by molar-refractivity contribution is 5.86. The number of nitrogens with one attached hydrogen (secondary N) is 1. The summed E-state index contributed by atoms with van der Waals surface area (Å²) in [6.45, 7) is 3.29. The standard InChI is InChI=1S/C19H22N6O5/c1-13-9-18(22-19(21-13)24-7-3-2-4-8-24)30-12-17(27)23-20-11-14-10-15(25(28)29)5-6-16(14)26/h5-6,9-11,26H,2-4,7-8,12H2,1H3,(H,23,27). The Bertz CT molecular complexity index is 958. The van der Waals surface area contributed by atoms with Gasteiger partial charge in [-0.05, 0) is 32.3 Å². The van der Waals surface area contributed by atoms with E-state index in [1.165, 1.54) is 18.6 Å². The molecule has 1 fully saturated rings. The van der Waals surface area contributed by atoms with Crippen LogP contribution in [-0.2, 0) is 4.79 Å². The Kier molecular flexibility index (Phi) is 6.73. The van der Waals surface area contributed by atoms with Crippen molar-refractivity contribution in [2.75, 3.05) is 24.6 Å². The zero-order valence-corrected chi connectivity index (χ0v) is 16.4. The van der Waals surface area contributed by atoms with E-state index in [-0.39, 0.29) is 23.6 Å². The summed E-state index contributed by atoms with van der Waals surface area (Å²) >= 11 is 0. The summed E-state index contributed by atoms with van der Waals surface area (Å²) in [4.78, 5) is 33.1. The van der Waals surface area contributed by atoms with Gasteiger partial charge in [0.25, 0.3) is 11.6 Å². The maximum atomic E-state index is 12.0. The van der Waals surface area contributed by atoms with Crippen LogP contribution in [0, 0.1) is 17.0 Å². The predicted molar refractivity (Wildman–Crippen MR) is 109 cm³/mol. The van der Waals surface area contributed by atoms with Crippen LogP contribution in [0.15, 0.2) is 29.4 Å². The third kappa shape index (κ3) is 5.63. The zero-order chi connectivity index (χ0) is 21.5. The molecule has 158 valence electrons. The number of aromatic nitrogens is 2. The number of phenolic OH excluding ortho intramolecular Hbond substituents is 1.